The number of thioether (sulfide) groups is 2. The third-order valence-electron chi connectivity index (χ3n) is 13.7. The van der Waals surface area contributed by atoms with Crippen molar-refractivity contribution in [2.45, 2.75) is 141 Å². The number of oxime groups is 2. The number of aliphatic carboxylic acids is 2. The molecule has 2 saturated heterocycles. The first-order chi connectivity index (χ1) is 46.3. The number of fused-ring (bicyclic) bond motifs is 2. The second-order valence-corrected chi connectivity index (χ2v) is 30.9. The quantitative estimate of drug-likeness (QED) is 0.00881. The Labute approximate surface area is 638 Å². The zero-order chi connectivity index (χ0) is 72.8. The van der Waals surface area contributed by atoms with Crippen LogP contribution in [0.5, 0.6) is 5.75 Å². The van der Waals surface area contributed by atoms with Gasteiger partial charge >= 0.3 is 47.7 Å². The van der Waals surface area contributed by atoms with Gasteiger partial charge in [0.2, 0.25) is 0 Å². The molecule has 9 rings (SSSR count). The minimum Gasteiger partial charge on any atom is -1.00 e. The van der Waals surface area contributed by atoms with E-state index in [9.17, 15) is 53.4 Å². The number of hydrogen-bond acceptors (Lipinski definition) is 27. The van der Waals surface area contributed by atoms with Gasteiger partial charge in [0.1, 0.15) is 77.7 Å². The molecule has 8 N–H and O–H groups in total. The number of carbonyl (C=O) groups is 9. The minimum absolute atomic E-state index is 0. The molecule has 0 bridgehead atoms. The zero-order valence-corrected chi connectivity index (χ0v) is 65.1. The molecule has 101 heavy (non-hydrogen) atoms. The molecule has 4 unspecified atom stereocenters. The Kier molecular flexibility index (Phi) is 27.6. The molecule has 8 heterocycles. The average molecular weight is 1590 g/mol. The van der Waals surface area contributed by atoms with Crippen LogP contribution in [0.3, 0.4) is 0 Å². The molecule has 4 atom stereocenters. The van der Waals surface area contributed by atoms with Crippen LogP contribution < -0.4 is 103 Å². The molecule has 31 nitrogen and oxygen atoms in total. The fourth-order valence-electron chi connectivity index (χ4n) is 9.15. The number of ether oxygens (including phenoxy) is 4. The number of benzene rings is 1. The topological polar surface area (TPSA) is 420 Å². The Bertz CT molecular complexity index is 4120. The molecular weight excluding hydrogens is 1510 g/mol. The van der Waals surface area contributed by atoms with Gasteiger partial charge in [0.05, 0.1) is 30.4 Å². The number of aromatic nitrogens is 4. The van der Waals surface area contributed by atoms with Gasteiger partial charge in [-0.3, -0.25) is 39.6 Å². The zero-order valence-electron chi connectivity index (χ0n) is 56.7. The van der Waals surface area contributed by atoms with E-state index in [1.54, 1.807) is 152 Å². The SMILES string of the molecule is CC(C)(O/N=C(\C(=O)NC1C(=O)N2C(C(=O)[O-])=C(C[n+]3ccc(N)cc3)CSC12)c1nc(N)sc1Cl)C(=O)[O-].COc1ccc(COC(=O)C2=C(C[n+]3ccc(NC(=O)OC(C)(C)C)cc3)CSC3C(NC(=O)/C(=N\OC(C)(C)C)c4nc(NC(=O)OC(C)(C)C)sc4Cl)C(=O)N23)cc1.[Br-].[Na+]. The number of thiazole rings is 2. The van der Waals surface area contributed by atoms with Crippen molar-refractivity contribution in [2.75, 3.05) is 40.7 Å². The summed E-state index contributed by atoms with van der Waals surface area (Å²) in [5.74, 6) is -5.76. The summed E-state index contributed by atoms with van der Waals surface area (Å²) in [6.07, 6.45) is 5.40. The number of methoxy groups -OCH3 is 1. The second-order valence-electron chi connectivity index (χ2n) is 25.4. The maximum atomic E-state index is 14.0. The average Bonchev–Trinajstić information content (AvgIpc) is 0.814. The Morgan fingerprint density at radius 1 is 0.653 bits per heavy atom. The van der Waals surface area contributed by atoms with Crippen molar-refractivity contribution in [3.8, 4) is 5.75 Å². The van der Waals surface area contributed by atoms with Gasteiger partial charge in [-0.2, -0.15) is 0 Å². The summed E-state index contributed by atoms with van der Waals surface area (Å²) in [7, 11) is 1.55. The number of hydrogen-bond donors (Lipinski definition) is 6. The fourth-order valence-corrected chi connectivity index (χ4v) is 13.8. The van der Waals surface area contributed by atoms with Gasteiger partial charge in [0.25, 0.3) is 23.6 Å². The van der Waals surface area contributed by atoms with Crippen LogP contribution in [0.1, 0.15) is 93.1 Å². The van der Waals surface area contributed by atoms with Crippen molar-refractivity contribution in [3.05, 3.63) is 121 Å². The number of nitrogen functional groups attached to an aromatic ring is 2. The summed E-state index contributed by atoms with van der Waals surface area (Å²) in [5, 5.41) is 40.1. The largest absolute Gasteiger partial charge is 1.00 e. The molecule has 5 aromatic rings. The van der Waals surface area contributed by atoms with Crippen LogP contribution in [0.25, 0.3) is 0 Å². The number of carboxylic acid groups (broad SMARTS) is 2. The van der Waals surface area contributed by atoms with Crippen molar-refractivity contribution < 1.29 is 138 Å². The van der Waals surface area contributed by atoms with Crippen LogP contribution in [-0.2, 0) is 77.1 Å². The Morgan fingerprint density at radius 3 is 1.58 bits per heavy atom. The Hall–Kier alpha value is -7.81. The molecule has 0 saturated carbocycles. The number of pyridine rings is 2. The molecule has 4 aliphatic heterocycles. The number of nitrogens with one attached hydrogen (secondary N) is 4. The number of amides is 6. The van der Waals surface area contributed by atoms with E-state index >= 15 is 0 Å². The number of nitrogens with zero attached hydrogens (tertiary/aromatic N) is 8. The van der Waals surface area contributed by atoms with Gasteiger partial charge in [-0.05, 0) is 93.9 Å². The van der Waals surface area contributed by atoms with Gasteiger partial charge in [0, 0.05) is 52.6 Å². The van der Waals surface area contributed by atoms with Crippen LogP contribution in [0.4, 0.5) is 31.2 Å². The minimum atomic E-state index is -1.92. The molecule has 4 aromatic heterocycles. The van der Waals surface area contributed by atoms with E-state index in [0.29, 0.717) is 39.6 Å². The smallest absolute Gasteiger partial charge is 1.00 e. The molecule has 0 radical (unpaired) electrons. The van der Waals surface area contributed by atoms with Crippen LogP contribution in [0.2, 0.25) is 8.67 Å². The number of anilines is 4. The van der Waals surface area contributed by atoms with Crippen molar-refractivity contribution in [3.63, 3.8) is 0 Å². The van der Waals surface area contributed by atoms with Crippen LogP contribution in [0, 0.1) is 0 Å². The van der Waals surface area contributed by atoms with Crippen molar-refractivity contribution in [2.24, 2.45) is 10.3 Å². The summed E-state index contributed by atoms with van der Waals surface area (Å²) in [6.45, 7) is 18.2. The summed E-state index contributed by atoms with van der Waals surface area (Å²) in [5.41, 5.74) is 8.53. The van der Waals surface area contributed by atoms with Crippen molar-refractivity contribution >= 4 is 156 Å². The maximum absolute atomic E-state index is 14.0. The van der Waals surface area contributed by atoms with Gasteiger partial charge in [-0.1, -0.05) is 68.3 Å². The molecule has 39 heteroatoms. The fraction of sp³-hybridized carbons (Fsp3) is 0.403. The molecule has 4 aliphatic rings. The van der Waals surface area contributed by atoms with Gasteiger partial charge in [-0.15, -0.1) is 23.5 Å². The third-order valence-corrected chi connectivity index (χ3v) is 18.7. The van der Waals surface area contributed by atoms with Crippen LogP contribution in [-0.4, -0.2) is 149 Å². The predicted molar refractivity (Wildman–Crippen MR) is 362 cm³/mol. The standard InChI is InChI=1S/C40H48ClN7O10S2.C22H22ClN7O7S2.BrH.Na/c1-38(2,3)56-36(52)42-24-15-17-47(18-16-24)19-23-21-59-33-28(32(50)48(33)29(23)34(51)55-20-22-11-13-25(54-10)14-12-22)43-31(49)27(46-58-40(7,8)9)26-30(41)60-35(44-26)45-37(53)57-39(4,5)6;1-22(2,20(35)36)37-28-12(11-15(23)39-21(25)27-11)16(31)26-13-17(32)30-14(19(33)34)9(8-38-18(13)30)7-29-5-3-10(24)4-6-29;;/h11-18,28,33H,19-21H2,1-10H3,(H2,43,44,45,49,53);3-6,13,18,24H,7-8H2,1-2H3,(H5,25,26,27,31,33,34,35,36);1H;/q;;;+1/p-1/b46-27-;28-12-;;. The molecule has 1 aromatic carbocycles. The van der Waals surface area contributed by atoms with Crippen LogP contribution in [0.15, 0.2) is 106 Å². The van der Waals surface area contributed by atoms with Crippen LogP contribution >= 0.6 is 69.4 Å². The number of nitrogens with two attached hydrogens (primary N) is 2. The summed E-state index contributed by atoms with van der Waals surface area (Å²) in [6, 6.07) is 11.4. The number of halogens is 3. The number of carbonyl (C=O) groups excluding carboxylic acids is 9. The number of esters is 1. The molecule has 2 fully saturated rings. The predicted octanol–water partition coefficient (Wildman–Crippen LogP) is -1.99. The number of β-lactam (4-membered cyclic amide) rings is 2. The number of rotatable bonds is 21. The van der Waals surface area contributed by atoms with E-state index in [1.807, 2.05) is 0 Å². The molecular formula is C62H70BrCl2N14NaO17S4. The summed E-state index contributed by atoms with van der Waals surface area (Å²) >= 11 is 17.0. The maximum Gasteiger partial charge on any atom is 1.00 e. The van der Waals surface area contributed by atoms with E-state index in [4.69, 9.17) is 63.3 Å². The van der Waals surface area contributed by atoms with E-state index in [0.717, 1.165) is 41.4 Å². The third kappa shape index (κ3) is 21.4. The summed E-state index contributed by atoms with van der Waals surface area (Å²) < 4.78 is 25.1. The van der Waals surface area contributed by atoms with E-state index < -0.39 is 105 Å². The monoisotopic (exact) mass is 1580 g/mol. The van der Waals surface area contributed by atoms with Gasteiger partial charge < -0.3 is 87.5 Å². The molecule has 0 aliphatic carbocycles. The van der Waals surface area contributed by atoms with E-state index in [-0.39, 0.29) is 119 Å². The number of carboxylic acids is 2. The second kappa shape index (κ2) is 34.0. The van der Waals surface area contributed by atoms with E-state index in [1.165, 1.54) is 28.4 Å². The molecule has 0 spiro atoms. The van der Waals surface area contributed by atoms with Crippen molar-refractivity contribution in [1.29, 1.82) is 0 Å². The molecule has 6 amide bonds. The summed E-state index contributed by atoms with van der Waals surface area (Å²) in [4.78, 5) is 138. The first-order valence-corrected chi connectivity index (χ1v) is 34.3. The molecule has 536 valence electrons. The first-order valence-electron chi connectivity index (χ1n) is 29.8. The van der Waals surface area contributed by atoms with Crippen molar-refractivity contribution in [1.82, 2.24) is 30.4 Å². The van der Waals surface area contributed by atoms with E-state index in [2.05, 4.69) is 41.5 Å². The normalized spacial score (nSPS) is 17.5. The Morgan fingerprint density at radius 2 is 1.12 bits per heavy atom. The Balaban J connectivity index is 0.000000339. The van der Waals surface area contributed by atoms with Gasteiger partial charge in [0.15, 0.2) is 65.2 Å². The van der Waals surface area contributed by atoms with Gasteiger partial charge in [-0.25, -0.2) is 33.5 Å². The first kappa shape index (κ1) is 82.1.